The Morgan fingerprint density at radius 1 is 0.963 bits per heavy atom. The van der Waals surface area contributed by atoms with Crippen LogP contribution in [0.3, 0.4) is 0 Å². The average molecular weight is 404 g/mol. The van der Waals surface area contributed by atoms with E-state index in [1.807, 2.05) is 24.3 Å². The molecule has 3 aromatic rings. The van der Waals surface area contributed by atoms with E-state index < -0.39 is 28.4 Å². The van der Waals surface area contributed by atoms with Crippen molar-refractivity contribution >= 4 is 44.1 Å². The Labute approximate surface area is 160 Å². The van der Waals surface area contributed by atoms with Gasteiger partial charge in [-0.1, -0.05) is 48.0 Å². The molecular formula is C19H14ClNO5S. The van der Waals surface area contributed by atoms with E-state index in [0.29, 0.717) is 5.56 Å². The van der Waals surface area contributed by atoms with Crippen molar-refractivity contribution in [3.63, 3.8) is 0 Å². The van der Waals surface area contributed by atoms with Gasteiger partial charge >= 0.3 is 5.97 Å². The number of halogens is 1. The van der Waals surface area contributed by atoms with E-state index in [-0.39, 0.29) is 15.5 Å². The molecule has 0 saturated carbocycles. The van der Waals surface area contributed by atoms with Crippen molar-refractivity contribution < 1.29 is 22.7 Å². The number of ether oxygens (including phenoxy) is 1. The van der Waals surface area contributed by atoms with Crippen molar-refractivity contribution in [1.82, 2.24) is 0 Å². The fraction of sp³-hybridized carbons (Fsp3) is 0.0526. The zero-order valence-corrected chi connectivity index (χ0v) is 15.5. The number of rotatable bonds is 5. The van der Waals surface area contributed by atoms with Gasteiger partial charge in [-0.05, 0) is 35.0 Å². The van der Waals surface area contributed by atoms with Gasteiger partial charge in [0, 0.05) is 5.56 Å². The van der Waals surface area contributed by atoms with Crippen LogP contribution in [0.2, 0.25) is 5.02 Å². The first kappa shape index (κ1) is 19.0. The number of primary sulfonamides is 1. The van der Waals surface area contributed by atoms with Crippen LogP contribution in [0.5, 0.6) is 0 Å². The number of nitrogens with two attached hydrogens (primary N) is 1. The smallest absolute Gasteiger partial charge is 0.340 e. The van der Waals surface area contributed by atoms with E-state index in [1.165, 1.54) is 12.1 Å². The van der Waals surface area contributed by atoms with Crippen molar-refractivity contribution in [1.29, 1.82) is 0 Å². The number of Topliss-reactive ketones (excluding diaryl/α,β-unsaturated/α-hetero) is 1. The highest BCUT2D eigenvalue weighted by Crippen LogP contribution is 2.21. The van der Waals surface area contributed by atoms with E-state index in [9.17, 15) is 18.0 Å². The lowest BCUT2D eigenvalue weighted by Crippen LogP contribution is -2.16. The maximum atomic E-state index is 12.3. The van der Waals surface area contributed by atoms with Gasteiger partial charge in [0.05, 0.1) is 15.5 Å². The summed E-state index contributed by atoms with van der Waals surface area (Å²) in [6.07, 6.45) is 0. The van der Waals surface area contributed by atoms with Gasteiger partial charge in [0.1, 0.15) is 0 Å². The third-order valence-electron chi connectivity index (χ3n) is 3.89. The molecule has 0 saturated heterocycles. The molecule has 0 aliphatic rings. The molecule has 0 radical (unpaired) electrons. The second-order valence-corrected chi connectivity index (χ2v) is 7.72. The van der Waals surface area contributed by atoms with Gasteiger partial charge in [-0.3, -0.25) is 4.79 Å². The van der Waals surface area contributed by atoms with Crippen LogP contribution < -0.4 is 5.14 Å². The van der Waals surface area contributed by atoms with Gasteiger partial charge < -0.3 is 4.74 Å². The number of fused-ring (bicyclic) bond motifs is 1. The summed E-state index contributed by atoms with van der Waals surface area (Å²) in [7, 11) is -4.00. The molecule has 3 aromatic carbocycles. The maximum absolute atomic E-state index is 12.3. The van der Waals surface area contributed by atoms with Crippen LogP contribution in [0.25, 0.3) is 10.8 Å². The Morgan fingerprint density at radius 3 is 2.37 bits per heavy atom. The SMILES string of the molecule is NS(=O)(=O)c1ccc(Cl)c(C(=O)OCC(=O)c2ccc3ccccc3c2)c1. The lowest BCUT2D eigenvalue weighted by atomic mass is 10.0. The number of hydrogen-bond acceptors (Lipinski definition) is 5. The van der Waals surface area contributed by atoms with E-state index in [0.717, 1.165) is 16.8 Å². The summed E-state index contributed by atoms with van der Waals surface area (Å²) in [4.78, 5) is 24.2. The minimum Gasteiger partial charge on any atom is -0.454 e. The molecule has 0 atom stereocenters. The van der Waals surface area contributed by atoms with Crippen LogP contribution in [0.15, 0.2) is 65.6 Å². The maximum Gasteiger partial charge on any atom is 0.340 e. The van der Waals surface area contributed by atoms with E-state index in [2.05, 4.69) is 0 Å². The topological polar surface area (TPSA) is 104 Å². The van der Waals surface area contributed by atoms with Crippen LogP contribution in [0, 0.1) is 0 Å². The molecule has 0 fully saturated rings. The van der Waals surface area contributed by atoms with E-state index in [1.54, 1.807) is 18.2 Å². The van der Waals surface area contributed by atoms with Gasteiger partial charge in [-0.2, -0.15) is 0 Å². The van der Waals surface area contributed by atoms with Crippen molar-refractivity contribution in [3.05, 3.63) is 76.8 Å². The molecule has 8 heteroatoms. The highest BCUT2D eigenvalue weighted by molar-refractivity contribution is 7.89. The fourth-order valence-corrected chi connectivity index (χ4v) is 3.23. The quantitative estimate of drug-likeness (QED) is 0.520. The standard InChI is InChI=1S/C19H14ClNO5S/c20-17-8-7-15(27(21,24)25)10-16(17)19(23)26-11-18(22)14-6-5-12-3-1-2-4-13(12)9-14/h1-10H,11H2,(H2,21,24,25). The third-order valence-corrected chi connectivity index (χ3v) is 5.13. The number of benzene rings is 3. The predicted octanol–water partition coefficient (Wildman–Crippen LogP) is 3.18. The summed E-state index contributed by atoms with van der Waals surface area (Å²) in [5.41, 5.74) is 0.209. The lowest BCUT2D eigenvalue weighted by Gasteiger charge is -2.08. The second kappa shape index (κ2) is 7.48. The third kappa shape index (κ3) is 4.33. The number of hydrogen-bond donors (Lipinski definition) is 1. The molecule has 0 aliphatic carbocycles. The van der Waals surface area contributed by atoms with Crippen LogP contribution >= 0.6 is 11.6 Å². The van der Waals surface area contributed by atoms with Crippen LogP contribution in [-0.2, 0) is 14.8 Å². The van der Waals surface area contributed by atoms with Crippen LogP contribution in [-0.4, -0.2) is 26.8 Å². The molecule has 3 rings (SSSR count). The van der Waals surface area contributed by atoms with Crippen molar-refractivity contribution in [2.75, 3.05) is 6.61 Å². The van der Waals surface area contributed by atoms with Crippen LogP contribution in [0.4, 0.5) is 0 Å². The molecule has 138 valence electrons. The van der Waals surface area contributed by atoms with Gasteiger partial charge in [-0.15, -0.1) is 0 Å². The zero-order chi connectivity index (χ0) is 19.6. The van der Waals surface area contributed by atoms with Crippen molar-refractivity contribution in [2.24, 2.45) is 5.14 Å². The Hall–Kier alpha value is -2.74. The molecule has 0 aromatic heterocycles. The van der Waals surface area contributed by atoms with Crippen LogP contribution in [0.1, 0.15) is 20.7 Å². The Morgan fingerprint density at radius 2 is 1.67 bits per heavy atom. The highest BCUT2D eigenvalue weighted by atomic mass is 35.5. The number of carbonyl (C=O) groups is 2. The monoisotopic (exact) mass is 403 g/mol. The van der Waals surface area contributed by atoms with E-state index in [4.69, 9.17) is 21.5 Å². The summed E-state index contributed by atoms with van der Waals surface area (Å²) < 4.78 is 27.8. The highest BCUT2D eigenvalue weighted by Gasteiger charge is 2.18. The molecule has 0 bridgehead atoms. The minimum atomic E-state index is -4.00. The largest absolute Gasteiger partial charge is 0.454 e. The summed E-state index contributed by atoms with van der Waals surface area (Å²) in [5.74, 6) is -1.31. The summed E-state index contributed by atoms with van der Waals surface area (Å²) in [6.45, 7) is -0.507. The summed E-state index contributed by atoms with van der Waals surface area (Å²) in [6, 6.07) is 16.1. The second-order valence-electron chi connectivity index (χ2n) is 5.75. The summed E-state index contributed by atoms with van der Waals surface area (Å²) in [5, 5.41) is 6.91. The van der Waals surface area contributed by atoms with Crippen molar-refractivity contribution in [3.8, 4) is 0 Å². The first-order chi connectivity index (χ1) is 12.8. The Kier molecular flexibility index (Phi) is 5.27. The Bertz CT molecular complexity index is 1160. The first-order valence-electron chi connectivity index (χ1n) is 7.77. The van der Waals surface area contributed by atoms with E-state index >= 15 is 0 Å². The lowest BCUT2D eigenvalue weighted by molar-refractivity contribution is 0.0474. The molecule has 6 nitrogen and oxygen atoms in total. The number of esters is 1. The molecule has 27 heavy (non-hydrogen) atoms. The number of carbonyl (C=O) groups excluding carboxylic acids is 2. The molecule has 0 heterocycles. The predicted molar refractivity (Wildman–Crippen MR) is 101 cm³/mol. The Balaban J connectivity index is 1.76. The normalized spacial score (nSPS) is 11.3. The minimum absolute atomic E-state index is 0.00875. The molecule has 0 amide bonds. The van der Waals surface area contributed by atoms with Gasteiger partial charge in [0.2, 0.25) is 10.0 Å². The first-order valence-corrected chi connectivity index (χ1v) is 9.69. The average Bonchev–Trinajstić information content (AvgIpc) is 2.64. The number of ketones is 1. The molecule has 0 aliphatic heterocycles. The molecular weight excluding hydrogens is 390 g/mol. The molecule has 0 unspecified atom stereocenters. The fourth-order valence-electron chi connectivity index (χ4n) is 2.49. The molecule has 2 N–H and O–H groups in total. The van der Waals surface area contributed by atoms with Gasteiger partial charge in [-0.25, -0.2) is 18.4 Å². The molecule has 0 spiro atoms. The summed E-state index contributed by atoms with van der Waals surface area (Å²) >= 11 is 5.92. The zero-order valence-electron chi connectivity index (χ0n) is 13.9. The number of sulfonamides is 1. The van der Waals surface area contributed by atoms with Crippen molar-refractivity contribution in [2.45, 2.75) is 4.90 Å². The van der Waals surface area contributed by atoms with Gasteiger partial charge in [0.15, 0.2) is 12.4 Å². The van der Waals surface area contributed by atoms with Gasteiger partial charge in [0.25, 0.3) is 0 Å².